The number of likely N-dealkylation sites (tertiary alicyclic amines) is 1. The van der Waals surface area contributed by atoms with Crippen LogP contribution in [0.5, 0.6) is 11.5 Å². The second-order valence-corrected chi connectivity index (χ2v) is 5.63. The van der Waals surface area contributed by atoms with Crippen molar-refractivity contribution in [1.29, 1.82) is 0 Å². The van der Waals surface area contributed by atoms with E-state index in [4.69, 9.17) is 9.47 Å². The van der Waals surface area contributed by atoms with Crippen LogP contribution in [-0.2, 0) is 0 Å². The molecule has 1 unspecified atom stereocenters. The quantitative estimate of drug-likeness (QED) is 0.864. The first-order valence-electron chi connectivity index (χ1n) is 7.82. The Morgan fingerprint density at radius 1 is 1.09 bits per heavy atom. The molecule has 3 rings (SSSR count). The van der Waals surface area contributed by atoms with Crippen LogP contribution in [0.15, 0.2) is 48.5 Å². The number of amides is 1. The highest BCUT2D eigenvalue weighted by atomic mass is 16.5. The molecule has 4 nitrogen and oxygen atoms in total. The van der Waals surface area contributed by atoms with Crippen molar-refractivity contribution in [3.8, 4) is 11.5 Å². The molecular weight excluding hydrogens is 290 g/mol. The number of benzene rings is 2. The number of methoxy groups -OCH3 is 2. The Hall–Kier alpha value is -2.49. The van der Waals surface area contributed by atoms with Crippen LogP contribution in [-0.4, -0.2) is 31.6 Å². The standard InChI is InChI=1S/C19H21NO3/c1-22-15-10-11-18(23-2)16(13-15)19(21)20-12-6-9-17(20)14-7-4-3-5-8-14/h3-5,7-8,10-11,13,17H,6,9,12H2,1-2H3. The fourth-order valence-corrected chi connectivity index (χ4v) is 3.17. The van der Waals surface area contributed by atoms with Crippen LogP contribution < -0.4 is 9.47 Å². The summed E-state index contributed by atoms with van der Waals surface area (Å²) in [6.07, 6.45) is 2.00. The van der Waals surface area contributed by atoms with Gasteiger partial charge in [0, 0.05) is 6.54 Å². The molecule has 120 valence electrons. The highest BCUT2D eigenvalue weighted by molar-refractivity contribution is 5.97. The zero-order chi connectivity index (χ0) is 16.2. The van der Waals surface area contributed by atoms with E-state index >= 15 is 0 Å². The van der Waals surface area contributed by atoms with Crippen LogP contribution in [0.1, 0.15) is 34.8 Å². The summed E-state index contributed by atoms with van der Waals surface area (Å²) in [5.41, 5.74) is 1.73. The van der Waals surface area contributed by atoms with Gasteiger partial charge in [0.25, 0.3) is 5.91 Å². The zero-order valence-corrected chi connectivity index (χ0v) is 13.5. The van der Waals surface area contributed by atoms with Crippen LogP contribution in [0, 0.1) is 0 Å². The molecule has 0 radical (unpaired) electrons. The predicted molar refractivity (Wildman–Crippen MR) is 89.0 cm³/mol. The Morgan fingerprint density at radius 3 is 2.57 bits per heavy atom. The Morgan fingerprint density at radius 2 is 1.87 bits per heavy atom. The molecule has 2 aromatic carbocycles. The van der Waals surface area contributed by atoms with Crippen LogP contribution in [0.4, 0.5) is 0 Å². The lowest BCUT2D eigenvalue weighted by molar-refractivity contribution is 0.0732. The van der Waals surface area contributed by atoms with Crippen LogP contribution >= 0.6 is 0 Å². The van der Waals surface area contributed by atoms with Crippen molar-refractivity contribution in [3.63, 3.8) is 0 Å². The van der Waals surface area contributed by atoms with Crippen molar-refractivity contribution in [2.45, 2.75) is 18.9 Å². The van der Waals surface area contributed by atoms with Crippen LogP contribution in [0.2, 0.25) is 0 Å². The SMILES string of the molecule is COc1ccc(OC)c(C(=O)N2CCCC2c2ccccc2)c1. The maximum Gasteiger partial charge on any atom is 0.258 e. The van der Waals surface area contributed by atoms with Crippen LogP contribution in [0.25, 0.3) is 0 Å². The molecule has 1 amide bonds. The number of carbonyl (C=O) groups excluding carboxylic acids is 1. The van der Waals surface area contributed by atoms with E-state index in [9.17, 15) is 4.79 Å². The normalized spacial score (nSPS) is 17.1. The molecule has 0 saturated carbocycles. The topological polar surface area (TPSA) is 38.8 Å². The van der Waals surface area contributed by atoms with Gasteiger partial charge in [0.1, 0.15) is 11.5 Å². The van der Waals surface area contributed by atoms with E-state index in [1.807, 2.05) is 23.1 Å². The van der Waals surface area contributed by atoms with Crippen molar-refractivity contribution < 1.29 is 14.3 Å². The molecule has 2 aromatic rings. The van der Waals surface area contributed by atoms with Gasteiger partial charge in [-0.1, -0.05) is 30.3 Å². The minimum Gasteiger partial charge on any atom is -0.497 e. The van der Waals surface area contributed by atoms with Gasteiger partial charge in [-0.05, 0) is 36.6 Å². The highest BCUT2D eigenvalue weighted by Crippen LogP contribution is 2.35. The average molecular weight is 311 g/mol. The third kappa shape index (κ3) is 3.02. The number of hydrogen-bond acceptors (Lipinski definition) is 3. The molecular formula is C19H21NO3. The van der Waals surface area contributed by atoms with Gasteiger partial charge in [-0.2, -0.15) is 0 Å². The van der Waals surface area contributed by atoms with Gasteiger partial charge in [0.2, 0.25) is 0 Å². The lowest BCUT2D eigenvalue weighted by atomic mass is 10.0. The first-order valence-corrected chi connectivity index (χ1v) is 7.82. The summed E-state index contributed by atoms with van der Waals surface area (Å²) in [4.78, 5) is 15.0. The second kappa shape index (κ2) is 6.73. The van der Waals surface area contributed by atoms with Crippen molar-refractivity contribution >= 4 is 5.91 Å². The molecule has 1 saturated heterocycles. The van der Waals surface area contributed by atoms with E-state index in [2.05, 4.69) is 12.1 Å². The molecule has 1 heterocycles. The first-order chi connectivity index (χ1) is 11.2. The van der Waals surface area contributed by atoms with Gasteiger partial charge < -0.3 is 14.4 Å². The van der Waals surface area contributed by atoms with E-state index in [1.54, 1.807) is 32.4 Å². The van der Waals surface area contributed by atoms with Gasteiger partial charge in [0.15, 0.2) is 0 Å². The molecule has 0 aliphatic carbocycles. The van der Waals surface area contributed by atoms with Gasteiger partial charge in [0.05, 0.1) is 25.8 Å². The van der Waals surface area contributed by atoms with Gasteiger partial charge in [-0.25, -0.2) is 0 Å². The minimum absolute atomic E-state index is 0.00731. The maximum atomic E-state index is 13.1. The third-order valence-electron chi connectivity index (χ3n) is 4.34. The highest BCUT2D eigenvalue weighted by Gasteiger charge is 2.31. The summed E-state index contributed by atoms with van der Waals surface area (Å²) in [5.74, 6) is 1.23. The zero-order valence-electron chi connectivity index (χ0n) is 13.5. The monoisotopic (exact) mass is 311 g/mol. The van der Waals surface area contributed by atoms with Gasteiger partial charge >= 0.3 is 0 Å². The molecule has 1 aliphatic heterocycles. The van der Waals surface area contributed by atoms with Crippen molar-refractivity contribution in [2.24, 2.45) is 0 Å². The molecule has 1 aliphatic rings. The molecule has 0 spiro atoms. The second-order valence-electron chi connectivity index (χ2n) is 5.63. The fourth-order valence-electron chi connectivity index (χ4n) is 3.17. The van der Waals surface area contributed by atoms with E-state index in [1.165, 1.54) is 5.56 Å². The Labute approximate surface area is 136 Å². The lowest BCUT2D eigenvalue weighted by Gasteiger charge is -2.26. The molecule has 0 N–H and O–H groups in total. The Bertz CT molecular complexity index is 684. The Balaban J connectivity index is 1.93. The minimum atomic E-state index is -0.00731. The van der Waals surface area contributed by atoms with Crippen molar-refractivity contribution in [1.82, 2.24) is 4.90 Å². The van der Waals surface area contributed by atoms with E-state index in [0.29, 0.717) is 17.1 Å². The number of hydrogen-bond donors (Lipinski definition) is 0. The molecule has 1 atom stereocenters. The summed E-state index contributed by atoms with van der Waals surface area (Å²) < 4.78 is 10.6. The van der Waals surface area contributed by atoms with Gasteiger partial charge in [-0.15, -0.1) is 0 Å². The number of rotatable bonds is 4. The molecule has 0 bridgehead atoms. The number of ether oxygens (including phenoxy) is 2. The van der Waals surface area contributed by atoms with E-state index in [-0.39, 0.29) is 11.9 Å². The van der Waals surface area contributed by atoms with Crippen molar-refractivity contribution in [2.75, 3.05) is 20.8 Å². The number of nitrogens with zero attached hydrogens (tertiary/aromatic N) is 1. The smallest absolute Gasteiger partial charge is 0.258 e. The molecule has 4 heteroatoms. The fraction of sp³-hybridized carbons (Fsp3) is 0.316. The summed E-state index contributed by atoms with van der Waals surface area (Å²) in [5, 5.41) is 0. The predicted octanol–water partition coefficient (Wildman–Crippen LogP) is 3.68. The first kappa shape index (κ1) is 15.4. The average Bonchev–Trinajstić information content (AvgIpc) is 3.11. The Kier molecular flexibility index (Phi) is 4.51. The summed E-state index contributed by atoms with van der Waals surface area (Å²) in [6.45, 7) is 0.763. The van der Waals surface area contributed by atoms with E-state index < -0.39 is 0 Å². The van der Waals surface area contributed by atoms with Crippen molar-refractivity contribution in [3.05, 3.63) is 59.7 Å². The molecule has 1 fully saturated rings. The third-order valence-corrected chi connectivity index (χ3v) is 4.34. The maximum absolute atomic E-state index is 13.1. The van der Waals surface area contributed by atoms with Crippen LogP contribution in [0.3, 0.4) is 0 Å². The molecule has 23 heavy (non-hydrogen) atoms. The molecule has 0 aromatic heterocycles. The van der Waals surface area contributed by atoms with E-state index in [0.717, 1.165) is 19.4 Å². The summed E-state index contributed by atoms with van der Waals surface area (Å²) >= 11 is 0. The summed E-state index contributed by atoms with van der Waals surface area (Å²) in [7, 11) is 3.18. The summed E-state index contributed by atoms with van der Waals surface area (Å²) in [6, 6.07) is 15.6. The lowest BCUT2D eigenvalue weighted by Crippen LogP contribution is -2.30. The largest absolute Gasteiger partial charge is 0.497 e. The van der Waals surface area contributed by atoms with Gasteiger partial charge in [-0.3, -0.25) is 4.79 Å². The number of carbonyl (C=O) groups is 1.